The lowest BCUT2D eigenvalue weighted by Crippen LogP contribution is -2.22. The maximum Gasteiger partial charge on any atom is 0.337 e. The van der Waals surface area contributed by atoms with Crippen LogP contribution in [0.3, 0.4) is 0 Å². The van der Waals surface area contributed by atoms with E-state index in [0.29, 0.717) is 10.2 Å². The smallest absolute Gasteiger partial charge is 0.337 e. The number of aromatic nitrogens is 1. The van der Waals surface area contributed by atoms with E-state index in [1.54, 1.807) is 6.07 Å². The molecule has 0 spiro atoms. The number of carbonyl (C=O) groups is 1. The molecule has 0 fully saturated rings. The molecule has 2 aromatic carbocycles. The molecule has 0 N–H and O–H groups in total. The largest absolute Gasteiger partial charge is 0.465 e. The molecule has 1 aliphatic rings. The third kappa shape index (κ3) is 3.87. The number of anilines is 1. The average Bonchev–Trinajstić information content (AvgIpc) is 3.35. The van der Waals surface area contributed by atoms with Crippen LogP contribution < -0.4 is 14.1 Å². The molecule has 2 heterocycles. The highest BCUT2D eigenvalue weighted by atomic mass is 32.1. The number of fused-ring (bicyclic) bond motifs is 1. The summed E-state index contributed by atoms with van der Waals surface area (Å²) >= 11 is 1.32. The number of likely N-dealkylation sites (N-methyl/N-ethyl adjacent to an activating group) is 1. The van der Waals surface area contributed by atoms with E-state index in [1.807, 2.05) is 73.8 Å². The van der Waals surface area contributed by atoms with E-state index in [0.717, 1.165) is 32.7 Å². The van der Waals surface area contributed by atoms with Crippen LogP contribution in [0, 0.1) is 22.7 Å². The zero-order valence-electron chi connectivity index (χ0n) is 19.3. The zero-order chi connectivity index (χ0) is 24.5. The van der Waals surface area contributed by atoms with Crippen LogP contribution in [0.1, 0.15) is 29.8 Å². The third-order valence-electron chi connectivity index (χ3n) is 5.98. The van der Waals surface area contributed by atoms with Gasteiger partial charge in [0.15, 0.2) is 5.57 Å². The van der Waals surface area contributed by atoms with E-state index in [9.17, 15) is 15.3 Å². The monoisotopic (exact) mass is 466 g/mol. The molecule has 6 nitrogen and oxygen atoms in total. The van der Waals surface area contributed by atoms with Gasteiger partial charge in [0.05, 0.1) is 22.9 Å². The number of nitrogens with zero attached hydrogens (tertiary/aromatic N) is 4. The van der Waals surface area contributed by atoms with Gasteiger partial charge in [0.2, 0.25) is 0 Å². The molecule has 34 heavy (non-hydrogen) atoms. The average molecular weight is 467 g/mol. The van der Waals surface area contributed by atoms with E-state index in [-0.39, 0.29) is 17.0 Å². The highest BCUT2D eigenvalue weighted by Crippen LogP contribution is 2.47. The Kier molecular flexibility index (Phi) is 6.06. The van der Waals surface area contributed by atoms with Crippen LogP contribution in [-0.4, -0.2) is 25.1 Å². The van der Waals surface area contributed by atoms with Crippen LogP contribution in [0.15, 0.2) is 60.3 Å². The van der Waals surface area contributed by atoms with Crippen LogP contribution in [0.4, 0.5) is 5.69 Å². The number of esters is 1. The van der Waals surface area contributed by atoms with Gasteiger partial charge in [0.25, 0.3) is 0 Å². The van der Waals surface area contributed by atoms with Gasteiger partial charge in [-0.25, -0.2) is 9.78 Å². The number of ether oxygens (including phenoxy) is 1. The topological polar surface area (TPSA) is 90.0 Å². The maximum absolute atomic E-state index is 12.1. The summed E-state index contributed by atoms with van der Waals surface area (Å²) in [5, 5.41) is 18.7. The maximum atomic E-state index is 12.1. The van der Waals surface area contributed by atoms with E-state index >= 15 is 0 Å². The molecule has 0 saturated heterocycles. The Labute approximate surface area is 202 Å². The van der Waals surface area contributed by atoms with Gasteiger partial charge in [-0.05, 0) is 35.9 Å². The second-order valence-electron chi connectivity index (χ2n) is 8.32. The summed E-state index contributed by atoms with van der Waals surface area (Å²) in [4.78, 5) is 18.8. The SMILES string of the molecule is COC(=O)c1ccc2c(c1)C(C)(C)/C(=C/C=c1/sc(=C(C#N)C#N)nc1-c1ccccc1)N2C. The Hall–Kier alpha value is -4.20. The summed E-state index contributed by atoms with van der Waals surface area (Å²) in [6.45, 7) is 4.23. The van der Waals surface area contributed by atoms with E-state index in [1.165, 1.54) is 18.4 Å². The third-order valence-corrected chi connectivity index (χ3v) is 7.02. The molecule has 4 rings (SSSR count). The van der Waals surface area contributed by atoms with E-state index in [2.05, 4.69) is 23.7 Å². The van der Waals surface area contributed by atoms with E-state index < -0.39 is 0 Å². The lowest BCUT2D eigenvalue weighted by molar-refractivity contribution is 0.0600. The fourth-order valence-corrected chi connectivity index (χ4v) is 5.15. The molecule has 3 aromatic rings. The van der Waals surface area contributed by atoms with Gasteiger partial charge < -0.3 is 9.64 Å². The molecule has 0 radical (unpaired) electrons. The van der Waals surface area contributed by atoms with Crippen molar-refractivity contribution in [1.29, 1.82) is 10.5 Å². The summed E-state index contributed by atoms with van der Waals surface area (Å²) in [6, 6.07) is 19.2. The van der Waals surface area contributed by atoms with Gasteiger partial charge in [-0.1, -0.05) is 44.2 Å². The molecule has 1 aliphatic heterocycles. The molecule has 168 valence electrons. The molecular weight excluding hydrogens is 444 g/mol. The predicted octanol–water partition coefficient (Wildman–Crippen LogP) is 3.89. The summed E-state index contributed by atoms with van der Waals surface area (Å²) in [5.41, 5.74) is 4.90. The number of methoxy groups -OCH3 is 1. The van der Waals surface area contributed by atoms with Gasteiger partial charge in [0, 0.05) is 29.4 Å². The minimum Gasteiger partial charge on any atom is -0.465 e. The summed E-state index contributed by atoms with van der Waals surface area (Å²) in [5.74, 6) is -0.364. The highest BCUT2D eigenvalue weighted by molar-refractivity contribution is 7.08. The number of allylic oxidation sites excluding steroid dienone is 2. The molecule has 1 aromatic heterocycles. The minimum absolute atomic E-state index is 0.00413. The Morgan fingerprint density at radius 2 is 1.82 bits per heavy atom. The molecule has 0 aliphatic carbocycles. The summed E-state index contributed by atoms with van der Waals surface area (Å²) in [6.07, 6.45) is 4.02. The summed E-state index contributed by atoms with van der Waals surface area (Å²) in [7, 11) is 3.38. The van der Waals surface area contributed by atoms with Crippen LogP contribution in [0.5, 0.6) is 0 Å². The standard InChI is InChI=1S/C27H22N4O2S/c1-27(2)20-14-18(26(32)33-4)10-11-21(20)31(3)23(27)13-12-22-24(17-8-6-5-7-9-17)30-25(34-22)19(15-28)16-29/h5-14H,1-4H3/b22-12+,23-13-. The van der Waals surface area contributed by atoms with Gasteiger partial charge in [-0.3, -0.25) is 0 Å². The first kappa shape index (κ1) is 23.0. The van der Waals surface area contributed by atoms with Crippen LogP contribution >= 0.6 is 11.3 Å². The number of hydrogen-bond donors (Lipinski definition) is 0. The van der Waals surface area contributed by atoms with Gasteiger partial charge in [-0.2, -0.15) is 10.5 Å². The van der Waals surface area contributed by atoms with Crippen molar-refractivity contribution in [1.82, 2.24) is 4.98 Å². The van der Waals surface area contributed by atoms with Gasteiger partial charge in [0.1, 0.15) is 16.8 Å². The number of rotatable bonds is 3. The Morgan fingerprint density at radius 1 is 1.12 bits per heavy atom. The van der Waals surface area contributed by atoms with Gasteiger partial charge in [-0.15, -0.1) is 11.3 Å². The van der Waals surface area contributed by atoms with E-state index in [4.69, 9.17) is 4.74 Å². The van der Waals surface area contributed by atoms with Crippen molar-refractivity contribution < 1.29 is 9.53 Å². The van der Waals surface area contributed by atoms with Crippen LogP contribution in [0.25, 0.3) is 22.9 Å². The number of hydrogen-bond acceptors (Lipinski definition) is 7. The number of thiazole rings is 1. The first-order valence-electron chi connectivity index (χ1n) is 10.6. The van der Waals surface area contributed by atoms with Crippen LogP contribution in [0.2, 0.25) is 0 Å². The first-order valence-corrected chi connectivity index (χ1v) is 11.4. The Balaban J connectivity index is 1.89. The fraction of sp³-hybridized carbons (Fsp3) is 0.185. The van der Waals surface area contributed by atoms with Crippen molar-refractivity contribution >= 4 is 34.6 Å². The number of carbonyl (C=O) groups excluding carboxylic acids is 1. The quantitative estimate of drug-likeness (QED) is 0.544. The molecule has 7 heteroatoms. The van der Waals surface area contributed by atoms with Crippen molar-refractivity contribution in [2.24, 2.45) is 0 Å². The van der Waals surface area contributed by atoms with Crippen LogP contribution in [-0.2, 0) is 10.2 Å². The van der Waals surface area contributed by atoms with Crippen molar-refractivity contribution in [3.8, 4) is 23.4 Å². The Morgan fingerprint density at radius 3 is 2.47 bits per heavy atom. The normalized spacial score (nSPS) is 15.5. The predicted molar refractivity (Wildman–Crippen MR) is 133 cm³/mol. The first-order chi connectivity index (χ1) is 16.3. The second kappa shape index (κ2) is 8.97. The van der Waals surface area contributed by atoms with Gasteiger partial charge >= 0.3 is 5.97 Å². The van der Waals surface area contributed by atoms with Crippen molar-refractivity contribution in [3.05, 3.63) is 80.6 Å². The Bertz CT molecular complexity index is 1500. The molecule has 0 atom stereocenters. The molecule has 0 unspecified atom stereocenters. The fourth-order valence-electron chi connectivity index (χ4n) is 4.21. The zero-order valence-corrected chi connectivity index (χ0v) is 20.1. The highest BCUT2D eigenvalue weighted by Gasteiger charge is 2.38. The molecule has 0 bridgehead atoms. The van der Waals surface area contributed by atoms with Crippen molar-refractivity contribution in [2.75, 3.05) is 19.1 Å². The number of nitriles is 2. The van der Waals surface area contributed by atoms with Crippen molar-refractivity contribution in [3.63, 3.8) is 0 Å². The van der Waals surface area contributed by atoms with Crippen molar-refractivity contribution in [2.45, 2.75) is 19.3 Å². The lowest BCUT2D eigenvalue weighted by atomic mass is 9.83. The number of benzene rings is 2. The molecular formula is C27H22N4O2S. The lowest BCUT2D eigenvalue weighted by Gasteiger charge is -2.23. The minimum atomic E-state index is -0.364. The summed E-state index contributed by atoms with van der Waals surface area (Å²) < 4.78 is 6.15. The molecule has 0 amide bonds. The second-order valence-corrected chi connectivity index (χ2v) is 9.35. The molecule has 0 saturated carbocycles.